The first-order chi connectivity index (χ1) is 18.8. The molecule has 0 saturated carbocycles. The maximum absolute atomic E-state index is 13.5. The summed E-state index contributed by atoms with van der Waals surface area (Å²) >= 11 is 10.7. The van der Waals surface area contributed by atoms with Crippen molar-refractivity contribution in [3.63, 3.8) is 0 Å². The Kier molecular flexibility index (Phi) is 8.29. The first-order valence-corrected chi connectivity index (χ1v) is 14.5. The molecule has 0 radical (unpaired) electrons. The van der Waals surface area contributed by atoms with Crippen LogP contribution in [0.5, 0.6) is 23.0 Å². The molecule has 1 aliphatic heterocycles. The summed E-state index contributed by atoms with van der Waals surface area (Å²) < 4.78 is 26.1. The molecule has 11 heteroatoms. The molecule has 0 N–H and O–H groups in total. The molecule has 8 nitrogen and oxygen atoms in total. The topological polar surface area (TPSA) is 84.2 Å². The summed E-state index contributed by atoms with van der Waals surface area (Å²) in [5.74, 6) is 3.06. The molecule has 5 rings (SSSR count). The van der Waals surface area contributed by atoms with E-state index >= 15 is 0 Å². The Labute approximate surface area is 250 Å². The van der Waals surface area contributed by atoms with E-state index in [0.717, 1.165) is 16.5 Å². The minimum atomic E-state index is -0.237. The smallest absolute Gasteiger partial charge is 0.282 e. The Morgan fingerprint density at radius 2 is 1.90 bits per heavy atom. The van der Waals surface area contributed by atoms with Crippen LogP contribution in [0.2, 0.25) is 0 Å². The molecule has 2 heterocycles. The lowest BCUT2D eigenvalue weighted by Crippen LogP contribution is -2.23. The van der Waals surface area contributed by atoms with Crippen molar-refractivity contribution in [3.8, 4) is 23.0 Å². The van der Waals surface area contributed by atoms with E-state index in [9.17, 15) is 4.79 Å². The number of methoxy groups -OCH3 is 1. The SMILES string of the molecule is CC[C@@H](C)c1nc2ccc(Br)cc2c(=O)n1N=Cc1cc(OC)c(OCc2ccc3c(c2)OCO3)c(Br)c1Br. The maximum Gasteiger partial charge on any atom is 0.282 e. The first kappa shape index (κ1) is 27.7. The Bertz CT molecular complexity index is 1650. The van der Waals surface area contributed by atoms with Gasteiger partial charge in [-0.15, -0.1) is 0 Å². The molecule has 39 heavy (non-hydrogen) atoms. The van der Waals surface area contributed by atoms with Crippen molar-refractivity contribution in [1.29, 1.82) is 0 Å². The molecule has 1 atom stereocenters. The van der Waals surface area contributed by atoms with Crippen LogP contribution in [0.15, 0.2) is 65.8 Å². The van der Waals surface area contributed by atoms with E-state index in [1.165, 1.54) is 4.68 Å². The highest BCUT2D eigenvalue weighted by Crippen LogP contribution is 2.43. The molecule has 1 aromatic heterocycles. The van der Waals surface area contributed by atoms with Crippen LogP contribution in [0.1, 0.15) is 43.1 Å². The zero-order valence-electron chi connectivity index (χ0n) is 21.3. The second kappa shape index (κ2) is 11.7. The third-order valence-corrected chi connectivity index (χ3v) is 9.03. The monoisotopic (exact) mass is 719 g/mol. The molecule has 0 bridgehead atoms. The number of hydrogen-bond acceptors (Lipinski definition) is 7. The van der Waals surface area contributed by atoms with Gasteiger partial charge in [-0.3, -0.25) is 4.79 Å². The van der Waals surface area contributed by atoms with Crippen LogP contribution in [-0.4, -0.2) is 29.8 Å². The standard InChI is InChI=1S/C28H24Br3N3O5/c1-4-15(2)27-33-20-7-6-18(29)11-19(20)28(35)34(27)32-12-17-10-23(36-3)26(25(31)24(17)30)37-13-16-5-8-21-22(9-16)39-14-38-21/h5-12,15H,4,13-14H2,1-3H3/t15-/m1/s1. The second-order valence-electron chi connectivity index (χ2n) is 8.90. The highest BCUT2D eigenvalue weighted by atomic mass is 79.9. The maximum atomic E-state index is 13.5. The van der Waals surface area contributed by atoms with E-state index in [1.807, 2.05) is 37.3 Å². The predicted octanol–water partition coefficient (Wildman–Crippen LogP) is 7.40. The largest absolute Gasteiger partial charge is 0.493 e. The van der Waals surface area contributed by atoms with Gasteiger partial charge in [0, 0.05) is 20.4 Å². The molecular formula is C28H24Br3N3O5. The molecule has 3 aromatic carbocycles. The average molecular weight is 722 g/mol. The predicted molar refractivity (Wildman–Crippen MR) is 161 cm³/mol. The van der Waals surface area contributed by atoms with Gasteiger partial charge in [-0.1, -0.05) is 35.8 Å². The molecule has 4 aromatic rings. The van der Waals surface area contributed by atoms with E-state index in [-0.39, 0.29) is 24.9 Å². The fourth-order valence-corrected chi connectivity index (χ4v) is 5.37. The van der Waals surface area contributed by atoms with E-state index in [0.29, 0.717) is 54.2 Å². The fraction of sp³-hybridized carbons (Fsp3) is 0.250. The van der Waals surface area contributed by atoms with Crippen molar-refractivity contribution < 1.29 is 18.9 Å². The van der Waals surface area contributed by atoms with Gasteiger partial charge in [-0.25, -0.2) is 4.98 Å². The Hall–Kier alpha value is -2.89. The molecule has 202 valence electrons. The van der Waals surface area contributed by atoms with Crippen LogP contribution in [0.25, 0.3) is 10.9 Å². The van der Waals surface area contributed by atoms with Crippen molar-refractivity contribution in [2.24, 2.45) is 5.10 Å². The van der Waals surface area contributed by atoms with Crippen molar-refractivity contribution in [2.75, 3.05) is 13.9 Å². The Balaban J connectivity index is 1.49. The van der Waals surface area contributed by atoms with Crippen molar-refractivity contribution in [2.45, 2.75) is 32.8 Å². The van der Waals surface area contributed by atoms with Gasteiger partial charge >= 0.3 is 0 Å². The van der Waals surface area contributed by atoms with E-state index < -0.39 is 0 Å². The lowest BCUT2D eigenvalue weighted by atomic mass is 10.1. The van der Waals surface area contributed by atoms with Crippen molar-refractivity contribution >= 4 is 64.9 Å². The molecule has 1 aliphatic rings. The normalized spacial score (nSPS) is 13.3. The summed E-state index contributed by atoms with van der Waals surface area (Å²) in [6, 6.07) is 12.9. The summed E-state index contributed by atoms with van der Waals surface area (Å²) in [6.07, 6.45) is 2.42. The molecule has 0 aliphatic carbocycles. The second-order valence-corrected chi connectivity index (χ2v) is 11.4. The molecule has 0 amide bonds. The molecule has 0 saturated heterocycles. The van der Waals surface area contributed by atoms with Crippen LogP contribution in [0, 0.1) is 0 Å². The number of aromatic nitrogens is 2. The fourth-order valence-electron chi connectivity index (χ4n) is 4.07. The Morgan fingerprint density at radius 3 is 2.67 bits per heavy atom. The lowest BCUT2D eigenvalue weighted by molar-refractivity contribution is 0.174. The lowest BCUT2D eigenvalue weighted by Gasteiger charge is -2.16. The summed E-state index contributed by atoms with van der Waals surface area (Å²) in [6.45, 7) is 4.59. The summed E-state index contributed by atoms with van der Waals surface area (Å²) in [5, 5.41) is 5.07. The third kappa shape index (κ3) is 5.57. The molecule has 0 fully saturated rings. The van der Waals surface area contributed by atoms with E-state index in [4.69, 9.17) is 23.9 Å². The van der Waals surface area contributed by atoms with Crippen LogP contribution >= 0.6 is 47.8 Å². The van der Waals surface area contributed by atoms with Crippen molar-refractivity contribution in [1.82, 2.24) is 9.66 Å². The number of ether oxygens (including phenoxy) is 4. The summed E-state index contributed by atoms with van der Waals surface area (Å²) in [7, 11) is 1.57. The number of nitrogens with zero attached hydrogens (tertiary/aromatic N) is 3. The highest BCUT2D eigenvalue weighted by Gasteiger charge is 2.19. The van der Waals surface area contributed by atoms with Crippen LogP contribution in [0.4, 0.5) is 0 Å². The van der Waals surface area contributed by atoms with Gasteiger partial charge in [0.25, 0.3) is 5.56 Å². The van der Waals surface area contributed by atoms with Gasteiger partial charge in [0.15, 0.2) is 23.0 Å². The van der Waals surface area contributed by atoms with Gasteiger partial charge in [0.2, 0.25) is 6.79 Å². The minimum absolute atomic E-state index is 0.0274. The zero-order valence-corrected chi connectivity index (χ0v) is 26.1. The van der Waals surface area contributed by atoms with Gasteiger partial charge in [-0.2, -0.15) is 9.78 Å². The third-order valence-electron chi connectivity index (χ3n) is 6.39. The van der Waals surface area contributed by atoms with Gasteiger partial charge in [0.1, 0.15) is 12.4 Å². The number of hydrogen-bond donors (Lipinski definition) is 0. The van der Waals surface area contributed by atoms with Gasteiger partial charge in [0.05, 0.1) is 28.7 Å². The summed E-state index contributed by atoms with van der Waals surface area (Å²) in [4.78, 5) is 18.2. The van der Waals surface area contributed by atoms with E-state index in [2.05, 4.69) is 59.8 Å². The quantitative estimate of drug-likeness (QED) is 0.177. The molecule has 0 unspecified atom stereocenters. The van der Waals surface area contributed by atoms with Crippen LogP contribution in [-0.2, 0) is 6.61 Å². The van der Waals surface area contributed by atoms with Gasteiger partial charge < -0.3 is 18.9 Å². The van der Waals surface area contributed by atoms with Crippen LogP contribution < -0.4 is 24.5 Å². The van der Waals surface area contributed by atoms with Gasteiger partial charge in [-0.05, 0) is 80.2 Å². The number of benzene rings is 3. The number of fused-ring (bicyclic) bond motifs is 2. The first-order valence-electron chi connectivity index (χ1n) is 12.1. The van der Waals surface area contributed by atoms with Crippen LogP contribution in [0.3, 0.4) is 0 Å². The summed E-state index contributed by atoms with van der Waals surface area (Å²) in [5.41, 5.74) is 2.01. The zero-order chi connectivity index (χ0) is 27.7. The Morgan fingerprint density at radius 1 is 1.10 bits per heavy atom. The van der Waals surface area contributed by atoms with Crippen molar-refractivity contribution in [3.05, 3.63) is 83.2 Å². The number of halogens is 3. The molecular weight excluding hydrogens is 698 g/mol. The molecule has 0 spiro atoms. The van der Waals surface area contributed by atoms with E-state index in [1.54, 1.807) is 25.5 Å². The average Bonchev–Trinajstić information content (AvgIpc) is 3.41. The minimum Gasteiger partial charge on any atom is -0.493 e. The number of rotatable bonds is 8. The highest BCUT2D eigenvalue weighted by molar-refractivity contribution is 9.13.